The number of ether oxygens (including phenoxy) is 2. The fourth-order valence-electron chi connectivity index (χ4n) is 2.30. The Bertz CT molecular complexity index is 739. The minimum Gasteiger partial charge on any atom is -0.493 e. The zero-order valence-electron chi connectivity index (χ0n) is 15.1. The van der Waals surface area contributed by atoms with Crippen LogP contribution in [0.25, 0.3) is 0 Å². The molecule has 0 fully saturated rings. The van der Waals surface area contributed by atoms with Gasteiger partial charge in [0.05, 0.1) is 7.11 Å². The summed E-state index contributed by atoms with van der Waals surface area (Å²) in [6.45, 7) is 2.78. The molecule has 0 aliphatic rings. The molecule has 1 N–H and O–H groups in total. The van der Waals surface area contributed by atoms with Crippen molar-refractivity contribution >= 4 is 34.8 Å². The Morgan fingerprint density at radius 2 is 1.69 bits per heavy atom. The Labute approximate surface area is 169 Å². The third-order valence-electron chi connectivity index (χ3n) is 3.78. The Morgan fingerprint density at radius 3 is 2.35 bits per heavy atom. The number of hydrogen-bond donors (Lipinski definition) is 1. The van der Waals surface area contributed by atoms with E-state index in [0.717, 1.165) is 24.2 Å². The summed E-state index contributed by atoms with van der Waals surface area (Å²) in [5.41, 5.74) is 1.79. The quantitative estimate of drug-likeness (QED) is 0.589. The van der Waals surface area contributed by atoms with Gasteiger partial charge in [-0.3, -0.25) is 0 Å². The molecule has 0 spiro atoms. The van der Waals surface area contributed by atoms with Crippen LogP contribution >= 0.6 is 34.8 Å². The molecule has 0 atom stereocenters. The van der Waals surface area contributed by atoms with Gasteiger partial charge in [-0.1, -0.05) is 40.9 Å². The number of nitrogens with zero attached hydrogens (tertiary/aromatic N) is 1. The minimum absolute atomic E-state index is 0.295. The van der Waals surface area contributed by atoms with Gasteiger partial charge in [0.25, 0.3) is 0 Å². The van der Waals surface area contributed by atoms with Crippen molar-refractivity contribution in [1.82, 2.24) is 10.2 Å². The lowest BCUT2D eigenvalue weighted by molar-refractivity contribution is 0.284. The van der Waals surface area contributed by atoms with Crippen LogP contribution in [-0.4, -0.2) is 39.2 Å². The Morgan fingerprint density at radius 1 is 0.962 bits per heavy atom. The van der Waals surface area contributed by atoms with Gasteiger partial charge in [-0.05, 0) is 37.9 Å². The van der Waals surface area contributed by atoms with Crippen LogP contribution in [0, 0.1) is 0 Å². The second-order valence-electron chi connectivity index (χ2n) is 6.10. The first-order valence-corrected chi connectivity index (χ1v) is 9.32. The third kappa shape index (κ3) is 6.22. The van der Waals surface area contributed by atoms with E-state index in [4.69, 9.17) is 44.3 Å². The van der Waals surface area contributed by atoms with Gasteiger partial charge in [0.1, 0.15) is 6.61 Å². The van der Waals surface area contributed by atoms with Crippen molar-refractivity contribution < 1.29 is 9.47 Å². The molecule has 7 heteroatoms. The van der Waals surface area contributed by atoms with E-state index in [0.29, 0.717) is 39.7 Å². The summed E-state index contributed by atoms with van der Waals surface area (Å²) < 4.78 is 11.3. The highest BCUT2D eigenvalue weighted by Crippen LogP contribution is 2.34. The largest absolute Gasteiger partial charge is 0.493 e. The maximum atomic E-state index is 6.40. The summed E-state index contributed by atoms with van der Waals surface area (Å²) in [4.78, 5) is 2.12. The second kappa shape index (κ2) is 10.2. The number of benzene rings is 2. The molecule has 0 saturated heterocycles. The lowest BCUT2D eigenvalue weighted by atomic mass is 10.2. The molecule has 0 unspecified atom stereocenters. The van der Waals surface area contributed by atoms with Crippen LogP contribution in [0.5, 0.6) is 11.5 Å². The number of halogens is 3. The third-order valence-corrected chi connectivity index (χ3v) is 4.72. The van der Waals surface area contributed by atoms with E-state index in [1.54, 1.807) is 25.3 Å². The average molecular weight is 418 g/mol. The van der Waals surface area contributed by atoms with E-state index in [1.807, 2.05) is 26.2 Å². The summed E-state index contributed by atoms with van der Waals surface area (Å²) in [5, 5.41) is 5.14. The molecule has 0 aromatic heterocycles. The van der Waals surface area contributed by atoms with Crippen molar-refractivity contribution in [3.05, 3.63) is 56.5 Å². The van der Waals surface area contributed by atoms with Gasteiger partial charge in [-0.15, -0.1) is 0 Å². The van der Waals surface area contributed by atoms with Crippen molar-refractivity contribution in [2.24, 2.45) is 0 Å². The van der Waals surface area contributed by atoms with Crippen molar-refractivity contribution in [3.8, 4) is 11.5 Å². The zero-order chi connectivity index (χ0) is 19.1. The molecule has 2 aromatic rings. The standard InChI is InChI=1S/C19H23Cl3N2O2/c1-24(2)7-6-23-11-14-8-18(25-3)19(10-17(14)22)26-12-13-4-5-15(20)9-16(13)21/h4-5,8-10,23H,6-7,11-12H2,1-3H3. The first kappa shape index (κ1) is 21.1. The number of likely N-dealkylation sites (N-methyl/N-ethyl adjacent to an activating group) is 1. The van der Waals surface area contributed by atoms with Crippen molar-refractivity contribution in [1.29, 1.82) is 0 Å². The van der Waals surface area contributed by atoms with E-state index in [2.05, 4.69) is 10.2 Å². The van der Waals surface area contributed by atoms with Crippen molar-refractivity contribution in [3.63, 3.8) is 0 Å². The Balaban J connectivity index is 2.05. The van der Waals surface area contributed by atoms with Gasteiger partial charge in [0, 0.05) is 46.3 Å². The summed E-state index contributed by atoms with van der Waals surface area (Å²) in [5.74, 6) is 1.20. The van der Waals surface area contributed by atoms with E-state index in [1.165, 1.54) is 0 Å². The van der Waals surface area contributed by atoms with Gasteiger partial charge in [-0.2, -0.15) is 0 Å². The Hall–Kier alpha value is -1.17. The molecule has 0 radical (unpaired) electrons. The van der Waals surface area contributed by atoms with E-state index < -0.39 is 0 Å². The van der Waals surface area contributed by atoms with Crippen LogP contribution < -0.4 is 14.8 Å². The maximum Gasteiger partial charge on any atom is 0.163 e. The van der Waals surface area contributed by atoms with Crippen molar-refractivity contribution in [2.75, 3.05) is 34.3 Å². The van der Waals surface area contributed by atoms with Crippen LogP contribution in [0.4, 0.5) is 0 Å². The van der Waals surface area contributed by atoms with Crippen LogP contribution in [-0.2, 0) is 13.2 Å². The highest BCUT2D eigenvalue weighted by atomic mass is 35.5. The number of methoxy groups -OCH3 is 1. The summed E-state index contributed by atoms with van der Waals surface area (Å²) >= 11 is 18.5. The van der Waals surface area contributed by atoms with E-state index in [9.17, 15) is 0 Å². The second-order valence-corrected chi connectivity index (χ2v) is 7.35. The molecule has 0 heterocycles. The topological polar surface area (TPSA) is 33.7 Å². The molecule has 2 aromatic carbocycles. The maximum absolute atomic E-state index is 6.40. The molecule has 2 rings (SSSR count). The van der Waals surface area contributed by atoms with Gasteiger partial charge in [0.2, 0.25) is 0 Å². The van der Waals surface area contributed by atoms with Gasteiger partial charge in [0.15, 0.2) is 11.5 Å². The van der Waals surface area contributed by atoms with Crippen molar-refractivity contribution in [2.45, 2.75) is 13.2 Å². The van der Waals surface area contributed by atoms with Crippen LogP contribution in [0.15, 0.2) is 30.3 Å². The molecule has 0 bridgehead atoms. The van der Waals surface area contributed by atoms with Crippen LogP contribution in [0.3, 0.4) is 0 Å². The zero-order valence-corrected chi connectivity index (χ0v) is 17.4. The minimum atomic E-state index is 0.295. The molecular weight excluding hydrogens is 395 g/mol. The van der Waals surface area contributed by atoms with Gasteiger partial charge >= 0.3 is 0 Å². The normalized spacial score (nSPS) is 11.0. The predicted octanol–water partition coefficient (Wildman–Crippen LogP) is 4.89. The molecule has 4 nitrogen and oxygen atoms in total. The molecule has 0 aliphatic carbocycles. The van der Waals surface area contributed by atoms with Crippen LogP contribution in [0.2, 0.25) is 15.1 Å². The monoisotopic (exact) mass is 416 g/mol. The van der Waals surface area contributed by atoms with E-state index in [-0.39, 0.29) is 0 Å². The SMILES string of the molecule is COc1cc(CNCCN(C)C)c(Cl)cc1OCc1ccc(Cl)cc1Cl. The van der Waals surface area contributed by atoms with Gasteiger partial charge < -0.3 is 19.7 Å². The number of hydrogen-bond acceptors (Lipinski definition) is 4. The predicted molar refractivity (Wildman–Crippen MR) is 109 cm³/mol. The molecule has 142 valence electrons. The van der Waals surface area contributed by atoms with Gasteiger partial charge in [-0.25, -0.2) is 0 Å². The highest BCUT2D eigenvalue weighted by Gasteiger charge is 2.12. The lowest BCUT2D eigenvalue weighted by Gasteiger charge is -2.15. The molecule has 0 aliphatic heterocycles. The summed E-state index contributed by atoms with van der Waals surface area (Å²) in [7, 11) is 5.68. The fourth-order valence-corrected chi connectivity index (χ4v) is 2.99. The lowest BCUT2D eigenvalue weighted by Crippen LogP contribution is -2.26. The fraction of sp³-hybridized carbons (Fsp3) is 0.368. The average Bonchev–Trinajstić information content (AvgIpc) is 2.59. The first-order valence-electron chi connectivity index (χ1n) is 8.19. The Kier molecular flexibility index (Phi) is 8.32. The number of rotatable bonds is 9. The highest BCUT2D eigenvalue weighted by molar-refractivity contribution is 6.35. The number of nitrogens with one attached hydrogen (secondary N) is 1. The first-order chi connectivity index (χ1) is 12.4. The smallest absolute Gasteiger partial charge is 0.163 e. The van der Waals surface area contributed by atoms with E-state index >= 15 is 0 Å². The molecule has 0 amide bonds. The summed E-state index contributed by atoms with van der Waals surface area (Å²) in [6.07, 6.45) is 0. The van der Waals surface area contributed by atoms with Crippen LogP contribution in [0.1, 0.15) is 11.1 Å². The molecule has 26 heavy (non-hydrogen) atoms. The molecular formula is C19H23Cl3N2O2. The summed E-state index contributed by atoms with van der Waals surface area (Å²) in [6, 6.07) is 8.96. The molecule has 0 saturated carbocycles.